The third kappa shape index (κ3) is 3.01. The number of Topliss-reactive ketones (excluding diaryl/α,β-unsaturated/α-hetero) is 2. The summed E-state index contributed by atoms with van der Waals surface area (Å²) in [4.78, 5) is 38.3. The number of aryl methyl sites for hydroxylation is 1. The molecule has 0 heterocycles. The number of aromatic hydroxyl groups is 1. The SMILES string of the molecule is Cc1ccc(-c2ccc(O)c3c2C[C@H]2C[C@H]4CC(O)=C(C(N)=O)C(=O)[C@@]4(O)C(O)=C2C3=O)cc1N. The molecule has 35 heavy (non-hydrogen) atoms. The number of phenolic OH excluding ortho intramolecular Hbond substituents is 1. The van der Waals surface area contributed by atoms with Crippen molar-refractivity contribution in [1.29, 1.82) is 0 Å². The number of benzene rings is 2. The Labute approximate surface area is 200 Å². The van der Waals surface area contributed by atoms with E-state index in [1.165, 1.54) is 6.07 Å². The molecule has 5 rings (SSSR count). The van der Waals surface area contributed by atoms with Gasteiger partial charge in [0.25, 0.3) is 5.91 Å². The number of phenols is 1. The molecule has 3 aliphatic rings. The molecular formula is C26H24N2O7. The summed E-state index contributed by atoms with van der Waals surface area (Å²) in [5.74, 6) is -6.48. The van der Waals surface area contributed by atoms with Crippen molar-refractivity contribution < 1.29 is 34.8 Å². The van der Waals surface area contributed by atoms with Crippen molar-refractivity contribution in [3.8, 4) is 16.9 Å². The zero-order valence-corrected chi connectivity index (χ0v) is 18.8. The molecule has 0 aliphatic heterocycles. The van der Waals surface area contributed by atoms with E-state index in [0.717, 1.165) is 11.1 Å². The van der Waals surface area contributed by atoms with Crippen LogP contribution in [-0.4, -0.2) is 43.5 Å². The van der Waals surface area contributed by atoms with Crippen LogP contribution in [0.5, 0.6) is 5.75 Å². The van der Waals surface area contributed by atoms with E-state index < -0.39 is 52.0 Å². The number of nitrogen functional groups attached to an aromatic ring is 1. The van der Waals surface area contributed by atoms with Crippen molar-refractivity contribution in [3.63, 3.8) is 0 Å². The van der Waals surface area contributed by atoms with Gasteiger partial charge in [-0.3, -0.25) is 14.4 Å². The highest BCUT2D eigenvalue weighted by Gasteiger charge is 2.59. The molecule has 0 fully saturated rings. The first-order valence-electron chi connectivity index (χ1n) is 11.2. The van der Waals surface area contributed by atoms with Gasteiger partial charge in [-0.1, -0.05) is 18.2 Å². The van der Waals surface area contributed by atoms with E-state index in [1.54, 1.807) is 12.1 Å². The van der Waals surface area contributed by atoms with Crippen LogP contribution in [0.4, 0.5) is 5.69 Å². The lowest BCUT2D eigenvalue weighted by atomic mass is 9.60. The number of primary amides is 1. The van der Waals surface area contributed by atoms with Gasteiger partial charge < -0.3 is 31.9 Å². The van der Waals surface area contributed by atoms with Crippen molar-refractivity contribution in [3.05, 3.63) is 69.7 Å². The number of rotatable bonds is 2. The number of allylic oxidation sites excluding steroid dienone is 2. The largest absolute Gasteiger partial charge is 0.511 e. The smallest absolute Gasteiger partial charge is 0.255 e. The van der Waals surface area contributed by atoms with Crippen molar-refractivity contribution in [2.75, 3.05) is 5.73 Å². The lowest BCUT2D eigenvalue weighted by molar-refractivity contribution is -0.144. The highest BCUT2D eigenvalue weighted by Crippen LogP contribution is 2.52. The molecule has 9 heteroatoms. The minimum Gasteiger partial charge on any atom is -0.511 e. The predicted octanol–water partition coefficient (Wildman–Crippen LogP) is 2.14. The fourth-order valence-corrected chi connectivity index (χ4v) is 5.70. The first kappa shape index (κ1) is 22.7. The van der Waals surface area contributed by atoms with Gasteiger partial charge >= 0.3 is 0 Å². The first-order chi connectivity index (χ1) is 16.5. The Balaban J connectivity index is 1.69. The minimum absolute atomic E-state index is 0.0294. The number of hydrogen-bond donors (Lipinski definition) is 6. The molecule has 0 radical (unpaired) electrons. The average Bonchev–Trinajstić information content (AvgIpc) is 2.78. The Morgan fingerprint density at radius 3 is 2.46 bits per heavy atom. The quantitative estimate of drug-likeness (QED) is 0.281. The summed E-state index contributed by atoms with van der Waals surface area (Å²) < 4.78 is 0. The predicted molar refractivity (Wildman–Crippen MR) is 125 cm³/mol. The molecule has 2 aromatic rings. The molecule has 3 atom stereocenters. The summed E-state index contributed by atoms with van der Waals surface area (Å²) >= 11 is 0. The van der Waals surface area contributed by atoms with E-state index in [2.05, 4.69) is 0 Å². The Morgan fingerprint density at radius 1 is 1.09 bits per heavy atom. The lowest BCUT2D eigenvalue weighted by Gasteiger charge is -2.45. The van der Waals surface area contributed by atoms with Crippen LogP contribution in [0.3, 0.4) is 0 Å². The van der Waals surface area contributed by atoms with Crippen LogP contribution < -0.4 is 11.5 Å². The summed E-state index contributed by atoms with van der Waals surface area (Å²) in [5.41, 5.74) is 11.2. The molecule has 9 nitrogen and oxygen atoms in total. The molecule has 0 spiro atoms. The fraction of sp³-hybridized carbons (Fsp3) is 0.269. The molecule has 0 bridgehead atoms. The maximum absolute atomic E-state index is 13.6. The Kier molecular flexibility index (Phi) is 4.82. The van der Waals surface area contributed by atoms with Gasteiger partial charge in [-0.05, 0) is 60.1 Å². The van der Waals surface area contributed by atoms with Crippen LogP contribution in [0.15, 0.2) is 53.0 Å². The average molecular weight is 476 g/mol. The molecule has 3 aliphatic carbocycles. The topological polar surface area (TPSA) is 184 Å². The van der Waals surface area contributed by atoms with Gasteiger partial charge in [-0.15, -0.1) is 0 Å². The zero-order valence-electron chi connectivity index (χ0n) is 18.8. The number of ketones is 2. The number of amides is 1. The second-order valence-corrected chi connectivity index (χ2v) is 9.47. The Bertz CT molecular complexity index is 1420. The third-order valence-electron chi connectivity index (χ3n) is 7.54. The molecule has 0 unspecified atom stereocenters. The molecule has 2 aromatic carbocycles. The number of carbonyl (C=O) groups excluding carboxylic acids is 3. The standard InChI is InChI=1S/C26H24N2O7/c1-10-2-3-11(8-16(10)27)14-4-5-17(29)20-15(14)7-12-6-13-9-18(30)21(25(28)34)24(33)26(13,35)23(32)19(12)22(20)31/h2-5,8,12-13,29-30,32,35H,6-7,9,27H2,1H3,(H2,28,34)/t12-,13+,26+/m1/s1. The molecule has 0 saturated carbocycles. The van der Waals surface area contributed by atoms with Crippen molar-refractivity contribution >= 4 is 23.2 Å². The van der Waals surface area contributed by atoms with E-state index in [1.807, 2.05) is 19.1 Å². The van der Waals surface area contributed by atoms with E-state index in [4.69, 9.17) is 11.5 Å². The highest BCUT2D eigenvalue weighted by atomic mass is 16.3. The molecular weight excluding hydrogens is 452 g/mol. The zero-order chi connectivity index (χ0) is 25.4. The second-order valence-electron chi connectivity index (χ2n) is 9.47. The number of carbonyl (C=O) groups is 3. The van der Waals surface area contributed by atoms with Gasteiger partial charge in [-0.25, -0.2) is 0 Å². The summed E-state index contributed by atoms with van der Waals surface area (Å²) in [7, 11) is 0. The fourth-order valence-electron chi connectivity index (χ4n) is 5.70. The number of aliphatic hydroxyl groups excluding tert-OH is 2. The third-order valence-corrected chi connectivity index (χ3v) is 7.54. The van der Waals surface area contributed by atoms with E-state index in [0.29, 0.717) is 16.8 Å². The first-order valence-corrected chi connectivity index (χ1v) is 11.2. The van der Waals surface area contributed by atoms with Gasteiger partial charge in [0.1, 0.15) is 22.8 Å². The molecule has 180 valence electrons. The maximum atomic E-state index is 13.6. The lowest BCUT2D eigenvalue weighted by Crippen LogP contribution is -2.57. The highest BCUT2D eigenvalue weighted by molar-refractivity contribution is 6.24. The molecule has 0 saturated heterocycles. The van der Waals surface area contributed by atoms with Crippen molar-refractivity contribution in [2.45, 2.75) is 31.8 Å². The van der Waals surface area contributed by atoms with Gasteiger partial charge in [-0.2, -0.15) is 0 Å². The number of nitrogens with two attached hydrogens (primary N) is 2. The van der Waals surface area contributed by atoms with E-state index >= 15 is 0 Å². The van der Waals surface area contributed by atoms with Gasteiger partial charge in [0.15, 0.2) is 11.4 Å². The molecule has 8 N–H and O–H groups in total. The molecule has 0 aromatic heterocycles. The number of fused-ring (bicyclic) bond motifs is 3. The van der Waals surface area contributed by atoms with Crippen LogP contribution in [0.1, 0.15) is 34.3 Å². The summed E-state index contributed by atoms with van der Waals surface area (Å²) in [6.07, 6.45) is 0.0384. The second kappa shape index (κ2) is 7.44. The van der Waals surface area contributed by atoms with Crippen LogP contribution >= 0.6 is 0 Å². The summed E-state index contributed by atoms with van der Waals surface area (Å²) in [5, 5.41) is 43.2. The Hall–Kier alpha value is -4.11. The summed E-state index contributed by atoms with van der Waals surface area (Å²) in [6.45, 7) is 1.87. The minimum atomic E-state index is -2.58. The van der Waals surface area contributed by atoms with Gasteiger partial charge in [0.05, 0.1) is 5.56 Å². The summed E-state index contributed by atoms with van der Waals surface area (Å²) in [6, 6.07) is 8.56. The maximum Gasteiger partial charge on any atom is 0.255 e. The monoisotopic (exact) mass is 476 g/mol. The molecule has 1 amide bonds. The number of aliphatic hydroxyl groups is 3. The number of hydrogen-bond acceptors (Lipinski definition) is 8. The normalized spacial score (nSPS) is 25.8. The van der Waals surface area contributed by atoms with Crippen LogP contribution in [-0.2, 0) is 16.0 Å². The van der Waals surface area contributed by atoms with Crippen molar-refractivity contribution in [1.82, 2.24) is 0 Å². The van der Waals surface area contributed by atoms with Crippen LogP contribution in [0.25, 0.3) is 11.1 Å². The van der Waals surface area contributed by atoms with Crippen LogP contribution in [0.2, 0.25) is 0 Å². The van der Waals surface area contributed by atoms with Gasteiger partial charge in [0.2, 0.25) is 5.78 Å². The van der Waals surface area contributed by atoms with Crippen molar-refractivity contribution in [2.24, 2.45) is 17.6 Å². The van der Waals surface area contributed by atoms with E-state index in [9.17, 15) is 34.8 Å². The Morgan fingerprint density at radius 2 is 1.80 bits per heavy atom. The van der Waals surface area contributed by atoms with E-state index in [-0.39, 0.29) is 36.1 Å². The van der Waals surface area contributed by atoms with Gasteiger partial charge in [0, 0.05) is 23.6 Å². The number of anilines is 1. The van der Waals surface area contributed by atoms with Crippen LogP contribution in [0, 0.1) is 18.8 Å².